The van der Waals surface area contributed by atoms with Crippen molar-refractivity contribution in [3.05, 3.63) is 64.7 Å². The van der Waals surface area contributed by atoms with E-state index in [2.05, 4.69) is 20.3 Å². The summed E-state index contributed by atoms with van der Waals surface area (Å²) >= 11 is 6.18. The van der Waals surface area contributed by atoms with Crippen LogP contribution in [0.2, 0.25) is 5.02 Å². The van der Waals surface area contributed by atoms with E-state index in [1.807, 2.05) is 0 Å². The van der Waals surface area contributed by atoms with E-state index in [0.29, 0.717) is 22.0 Å². The summed E-state index contributed by atoms with van der Waals surface area (Å²) < 4.78 is 38.2. The van der Waals surface area contributed by atoms with Crippen molar-refractivity contribution in [2.24, 2.45) is 0 Å². The fourth-order valence-corrected chi connectivity index (χ4v) is 2.65. The zero-order valence-electron chi connectivity index (χ0n) is 14.4. The van der Waals surface area contributed by atoms with E-state index in [-0.39, 0.29) is 17.1 Å². The lowest BCUT2D eigenvalue weighted by molar-refractivity contribution is -0.141. The second-order valence-electron chi connectivity index (χ2n) is 5.80. The normalized spacial score (nSPS) is 11.3. The van der Waals surface area contributed by atoms with Crippen LogP contribution in [0.4, 0.5) is 24.7 Å². The number of alkyl halides is 3. The van der Waals surface area contributed by atoms with Gasteiger partial charge in [0.05, 0.1) is 34.4 Å². The van der Waals surface area contributed by atoms with Crippen LogP contribution in [0.3, 0.4) is 0 Å². The Kier molecular flexibility index (Phi) is 5.19. The zero-order valence-corrected chi connectivity index (χ0v) is 15.1. The van der Waals surface area contributed by atoms with Crippen molar-refractivity contribution in [2.75, 3.05) is 11.1 Å². The number of nitrogens with two attached hydrogens (primary N) is 1. The van der Waals surface area contributed by atoms with Gasteiger partial charge in [0, 0.05) is 11.3 Å². The molecule has 3 aromatic rings. The Morgan fingerprint density at radius 3 is 2.50 bits per heavy atom. The molecule has 0 fully saturated rings. The molecule has 0 saturated heterocycles. The highest BCUT2D eigenvalue weighted by molar-refractivity contribution is 6.33. The summed E-state index contributed by atoms with van der Waals surface area (Å²) in [6, 6.07) is 6.54. The van der Waals surface area contributed by atoms with Gasteiger partial charge in [0.1, 0.15) is 11.5 Å². The Labute approximate surface area is 162 Å². The van der Waals surface area contributed by atoms with Crippen LogP contribution in [-0.2, 0) is 6.18 Å². The molecule has 0 aliphatic rings. The van der Waals surface area contributed by atoms with Gasteiger partial charge in [-0.25, -0.2) is 9.97 Å². The number of aromatic nitrogens is 3. The molecule has 6 nitrogen and oxygen atoms in total. The number of benzene rings is 1. The molecule has 3 N–H and O–H groups in total. The highest BCUT2D eigenvalue weighted by atomic mass is 35.5. The van der Waals surface area contributed by atoms with Gasteiger partial charge in [-0.15, -0.1) is 0 Å². The second-order valence-corrected chi connectivity index (χ2v) is 6.21. The van der Waals surface area contributed by atoms with Crippen LogP contribution in [0.5, 0.6) is 0 Å². The lowest BCUT2D eigenvalue weighted by atomic mass is 10.1. The van der Waals surface area contributed by atoms with Gasteiger partial charge in [-0.1, -0.05) is 11.6 Å². The Bertz CT molecular complexity index is 1040. The SMILES string of the molecule is Cc1nc(C(F)(F)F)ccc1C(=O)Nc1ccc(Cl)c(-c2cnc(N)cn2)c1. The van der Waals surface area contributed by atoms with Gasteiger partial charge >= 0.3 is 6.18 Å². The molecule has 3 rings (SSSR count). The summed E-state index contributed by atoms with van der Waals surface area (Å²) in [5, 5.41) is 2.99. The average Bonchev–Trinajstić information content (AvgIpc) is 2.63. The minimum atomic E-state index is -4.58. The number of nitrogen functional groups attached to an aromatic ring is 1. The zero-order chi connectivity index (χ0) is 20.5. The second kappa shape index (κ2) is 7.43. The van der Waals surface area contributed by atoms with E-state index in [9.17, 15) is 18.0 Å². The molecule has 10 heteroatoms. The number of aryl methyl sites for hydroxylation is 1. The van der Waals surface area contributed by atoms with Gasteiger partial charge in [0.2, 0.25) is 0 Å². The van der Waals surface area contributed by atoms with Crippen molar-refractivity contribution in [1.29, 1.82) is 0 Å². The molecule has 2 heterocycles. The molecule has 0 bridgehead atoms. The van der Waals surface area contributed by atoms with E-state index in [4.69, 9.17) is 17.3 Å². The highest BCUT2D eigenvalue weighted by Crippen LogP contribution is 2.30. The number of anilines is 2. The van der Waals surface area contributed by atoms with Gasteiger partial charge in [0.15, 0.2) is 0 Å². The largest absolute Gasteiger partial charge is 0.433 e. The third-order valence-corrected chi connectivity index (χ3v) is 4.12. The Morgan fingerprint density at radius 2 is 1.89 bits per heavy atom. The van der Waals surface area contributed by atoms with Crippen LogP contribution in [0.25, 0.3) is 11.3 Å². The summed E-state index contributed by atoms with van der Waals surface area (Å²) in [4.78, 5) is 24.0. The van der Waals surface area contributed by atoms with E-state index in [1.165, 1.54) is 19.3 Å². The lowest BCUT2D eigenvalue weighted by Crippen LogP contribution is -2.16. The van der Waals surface area contributed by atoms with Crippen molar-refractivity contribution in [3.8, 4) is 11.3 Å². The van der Waals surface area contributed by atoms with Crippen LogP contribution in [0, 0.1) is 6.92 Å². The van der Waals surface area contributed by atoms with Crippen LogP contribution in [-0.4, -0.2) is 20.9 Å². The fraction of sp³-hybridized carbons (Fsp3) is 0.111. The smallest absolute Gasteiger partial charge is 0.382 e. The molecule has 144 valence electrons. The quantitative estimate of drug-likeness (QED) is 0.673. The predicted octanol–water partition coefficient (Wildman–Crippen LogP) is 4.35. The van der Waals surface area contributed by atoms with E-state index in [1.54, 1.807) is 18.2 Å². The third-order valence-electron chi connectivity index (χ3n) is 3.79. The Morgan fingerprint density at radius 1 is 1.14 bits per heavy atom. The Hall–Kier alpha value is -3.20. The maximum Gasteiger partial charge on any atom is 0.433 e. The highest BCUT2D eigenvalue weighted by Gasteiger charge is 2.33. The number of carbonyl (C=O) groups excluding carboxylic acids is 1. The van der Waals surface area contributed by atoms with Crippen molar-refractivity contribution < 1.29 is 18.0 Å². The first-order valence-corrected chi connectivity index (χ1v) is 8.26. The van der Waals surface area contributed by atoms with Gasteiger partial charge in [-0.3, -0.25) is 9.78 Å². The minimum absolute atomic E-state index is 0.0248. The van der Waals surface area contributed by atoms with Crippen LogP contribution < -0.4 is 11.1 Å². The average molecular weight is 408 g/mol. The minimum Gasteiger partial charge on any atom is -0.382 e. The number of rotatable bonds is 3. The number of hydrogen-bond donors (Lipinski definition) is 2. The summed E-state index contributed by atoms with van der Waals surface area (Å²) in [7, 11) is 0. The van der Waals surface area contributed by atoms with Crippen molar-refractivity contribution >= 4 is 29.0 Å². The molecule has 0 aliphatic carbocycles. The summed E-state index contributed by atoms with van der Waals surface area (Å²) in [5.41, 5.74) is 5.78. The van der Waals surface area contributed by atoms with Crippen LogP contribution in [0.1, 0.15) is 21.7 Å². The number of nitrogens with zero attached hydrogens (tertiary/aromatic N) is 3. The number of pyridine rings is 1. The maximum atomic E-state index is 12.7. The molecule has 1 aromatic carbocycles. The van der Waals surface area contributed by atoms with Crippen molar-refractivity contribution in [1.82, 2.24) is 15.0 Å². The molecule has 0 saturated carbocycles. The van der Waals surface area contributed by atoms with E-state index >= 15 is 0 Å². The van der Waals surface area contributed by atoms with Crippen molar-refractivity contribution in [2.45, 2.75) is 13.1 Å². The molecule has 0 unspecified atom stereocenters. The van der Waals surface area contributed by atoms with Gasteiger partial charge in [-0.2, -0.15) is 13.2 Å². The predicted molar refractivity (Wildman–Crippen MR) is 98.8 cm³/mol. The molecule has 2 aromatic heterocycles. The first kappa shape index (κ1) is 19.6. The lowest BCUT2D eigenvalue weighted by Gasteiger charge is -2.12. The molecule has 28 heavy (non-hydrogen) atoms. The molecular formula is C18H13ClF3N5O. The molecule has 0 atom stereocenters. The number of hydrogen-bond acceptors (Lipinski definition) is 5. The van der Waals surface area contributed by atoms with E-state index in [0.717, 1.165) is 12.1 Å². The topological polar surface area (TPSA) is 93.8 Å². The Balaban J connectivity index is 1.87. The molecular weight excluding hydrogens is 395 g/mol. The maximum absolute atomic E-state index is 12.7. The van der Waals surface area contributed by atoms with Crippen molar-refractivity contribution in [3.63, 3.8) is 0 Å². The standard InChI is InChI=1S/C18H13ClF3N5O/c1-9-11(3-5-15(26-9)18(20,21)22)17(28)27-10-2-4-13(19)12(6-10)14-7-25-16(23)8-24-14/h2-8H,1H3,(H2,23,25)(H,27,28). The molecule has 0 radical (unpaired) electrons. The first-order chi connectivity index (χ1) is 13.1. The number of nitrogens with one attached hydrogen (secondary N) is 1. The van der Waals surface area contributed by atoms with E-state index < -0.39 is 17.8 Å². The van der Waals surface area contributed by atoms with Crippen LogP contribution in [0.15, 0.2) is 42.7 Å². The molecule has 1 amide bonds. The summed E-state index contributed by atoms with van der Waals surface area (Å²) in [5.74, 6) is -0.356. The summed E-state index contributed by atoms with van der Waals surface area (Å²) in [6.45, 7) is 1.33. The van der Waals surface area contributed by atoms with Gasteiger partial charge in [0.25, 0.3) is 5.91 Å². The number of amides is 1. The molecule has 0 aliphatic heterocycles. The monoisotopic (exact) mass is 407 g/mol. The third kappa shape index (κ3) is 4.20. The number of carbonyl (C=O) groups is 1. The fourth-order valence-electron chi connectivity index (χ4n) is 2.43. The van der Waals surface area contributed by atoms with Gasteiger partial charge < -0.3 is 11.1 Å². The van der Waals surface area contributed by atoms with Gasteiger partial charge in [-0.05, 0) is 37.3 Å². The summed E-state index contributed by atoms with van der Waals surface area (Å²) in [6.07, 6.45) is -1.77. The van der Waals surface area contributed by atoms with Crippen LogP contribution >= 0.6 is 11.6 Å². The number of halogens is 4. The first-order valence-electron chi connectivity index (χ1n) is 7.89. The molecule has 0 spiro atoms.